The normalized spacial score (nSPS) is 25.2. The van der Waals surface area contributed by atoms with E-state index in [-0.39, 0.29) is 51.6 Å². The van der Waals surface area contributed by atoms with Crippen molar-refractivity contribution in [3.05, 3.63) is 17.5 Å². The third-order valence-corrected chi connectivity index (χ3v) is 4.82. The Kier molecular flexibility index (Phi) is 5.22. The molecular formula is C16H21F3N4O3. The summed E-state index contributed by atoms with van der Waals surface area (Å²) in [5.74, 6) is -3.04. The molecule has 3 rings (SSSR count). The van der Waals surface area contributed by atoms with Gasteiger partial charge in [-0.3, -0.25) is 14.5 Å². The zero-order valence-electron chi connectivity index (χ0n) is 14.4. The van der Waals surface area contributed by atoms with Gasteiger partial charge in [-0.2, -0.15) is 13.2 Å². The number of nitrogens with zero attached hydrogens (tertiary/aromatic N) is 3. The Hall–Kier alpha value is -2.10. The molecule has 10 heteroatoms. The number of halogens is 3. The highest BCUT2D eigenvalue weighted by molar-refractivity contribution is 5.82. The van der Waals surface area contributed by atoms with E-state index in [0.29, 0.717) is 11.5 Å². The number of carbonyl (C=O) groups is 2. The van der Waals surface area contributed by atoms with Crippen LogP contribution in [0.4, 0.5) is 13.2 Å². The van der Waals surface area contributed by atoms with E-state index in [4.69, 9.17) is 4.52 Å². The van der Waals surface area contributed by atoms with Gasteiger partial charge in [0, 0.05) is 51.8 Å². The maximum absolute atomic E-state index is 13.5. The zero-order chi connectivity index (χ0) is 18.9. The number of hydrogen-bond acceptors (Lipinski definition) is 5. The maximum atomic E-state index is 13.5. The standard InChI is InChI=1S/C16H21F3N4O3/c1-10-6-11(21-26-10)7-22-8-12(13(9-22)16(17,18)19)15(25)23-4-2-14(24)20-3-5-23/h6,12-13H,2-5,7-9H2,1H3,(H,20,24)/t12-,13-/m0/s1. The van der Waals surface area contributed by atoms with Gasteiger partial charge in [-0.1, -0.05) is 5.16 Å². The summed E-state index contributed by atoms with van der Waals surface area (Å²) in [6.45, 7) is 2.30. The van der Waals surface area contributed by atoms with Crippen LogP contribution >= 0.6 is 0 Å². The summed E-state index contributed by atoms with van der Waals surface area (Å²) in [6, 6.07) is 1.67. The molecule has 2 amide bonds. The number of aryl methyl sites for hydroxylation is 1. The summed E-state index contributed by atoms with van der Waals surface area (Å²) in [5.41, 5.74) is 0.543. The van der Waals surface area contributed by atoms with E-state index in [0.717, 1.165) is 0 Å². The lowest BCUT2D eigenvalue weighted by Gasteiger charge is -2.27. The number of nitrogens with one attached hydrogen (secondary N) is 1. The molecule has 26 heavy (non-hydrogen) atoms. The Morgan fingerprint density at radius 1 is 1.38 bits per heavy atom. The lowest BCUT2D eigenvalue weighted by atomic mass is 9.94. The van der Waals surface area contributed by atoms with Gasteiger partial charge in [-0.25, -0.2) is 0 Å². The van der Waals surface area contributed by atoms with E-state index in [9.17, 15) is 22.8 Å². The van der Waals surface area contributed by atoms with Gasteiger partial charge in [0.05, 0.1) is 17.5 Å². The minimum atomic E-state index is -4.46. The second kappa shape index (κ2) is 7.26. The molecule has 0 radical (unpaired) electrons. The largest absolute Gasteiger partial charge is 0.393 e. The SMILES string of the molecule is Cc1cc(CN2C[C@H](C(=O)N3CCNC(=O)CC3)[C@@H](C(F)(F)F)C2)no1. The fraction of sp³-hybridized carbons (Fsp3) is 0.688. The number of aromatic nitrogens is 1. The Morgan fingerprint density at radius 3 is 2.81 bits per heavy atom. The predicted molar refractivity (Wildman–Crippen MR) is 83.8 cm³/mol. The molecule has 1 N–H and O–H groups in total. The van der Waals surface area contributed by atoms with Crippen molar-refractivity contribution < 1.29 is 27.3 Å². The van der Waals surface area contributed by atoms with Crippen molar-refractivity contribution in [2.45, 2.75) is 26.1 Å². The molecule has 0 saturated carbocycles. The van der Waals surface area contributed by atoms with Crippen molar-refractivity contribution in [2.24, 2.45) is 11.8 Å². The van der Waals surface area contributed by atoms with Crippen molar-refractivity contribution >= 4 is 11.8 Å². The van der Waals surface area contributed by atoms with Crippen LogP contribution in [-0.4, -0.2) is 65.7 Å². The van der Waals surface area contributed by atoms with E-state index in [1.54, 1.807) is 17.9 Å². The van der Waals surface area contributed by atoms with Crippen molar-refractivity contribution in [1.29, 1.82) is 0 Å². The van der Waals surface area contributed by atoms with E-state index in [2.05, 4.69) is 10.5 Å². The first-order valence-electron chi connectivity index (χ1n) is 8.51. The van der Waals surface area contributed by atoms with Crippen LogP contribution in [0.2, 0.25) is 0 Å². The van der Waals surface area contributed by atoms with Crippen molar-refractivity contribution in [3.63, 3.8) is 0 Å². The van der Waals surface area contributed by atoms with Crippen molar-refractivity contribution in [3.8, 4) is 0 Å². The van der Waals surface area contributed by atoms with Crippen molar-refractivity contribution in [2.75, 3.05) is 32.7 Å². The number of amides is 2. The van der Waals surface area contributed by atoms with Gasteiger partial charge in [0.15, 0.2) is 0 Å². The molecule has 0 aliphatic carbocycles. The van der Waals surface area contributed by atoms with Gasteiger partial charge >= 0.3 is 6.18 Å². The van der Waals surface area contributed by atoms with Gasteiger partial charge < -0.3 is 14.7 Å². The molecule has 0 bridgehead atoms. The molecule has 0 unspecified atom stereocenters. The van der Waals surface area contributed by atoms with Crippen LogP contribution in [0, 0.1) is 18.8 Å². The first-order chi connectivity index (χ1) is 12.2. The number of carbonyl (C=O) groups excluding carboxylic acids is 2. The van der Waals surface area contributed by atoms with E-state index in [1.165, 1.54) is 4.90 Å². The fourth-order valence-corrected chi connectivity index (χ4v) is 3.54. The van der Waals surface area contributed by atoms with Gasteiger partial charge in [0.2, 0.25) is 11.8 Å². The maximum Gasteiger partial charge on any atom is 0.393 e. The minimum Gasteiger partial charge on any atom is -0.361 e. The highest BCUT2D eigenvalue weighted by Gasteiger charge is 2.53. The Morgan fingerprint density at radius 2 is 2.15 bits per heavy atom. The lowest BCUT2D eigenvalue weighted by molar-refractivity contribution is -0.186. The van der Waals surface area contributed by atoms with Gasteiger partial charge in [0.1, 0.15) is 5.76 Å². The molecule has 2 aliphatic heterocycles. The zero-order valence-corrected chi connectivity index (χ0v) is 14.4. The summed E-state index contributed by atoms with van der Waals surface area (Å²) in [6.07, 6.45) is -4.36. The molecule has 0 spiro atoms. The van der Waals surface area contributed by atoms with Crippen LogP contribution < -0.4 is 5.32 Å². The molecule has 144 valence electrons. The molecule has 2 aliphatic rings. The van der Waals surface area contributed by atoms with Gasteiger partial charge in [-0.15, -0.1) is 0 Å². The molecule has 1 aromatic rings. The lowest BCUT2D eigenvalue weighted by Crippen LogP contribution is -2.44. The first-order valence-corrected chi connectivity index (χ1v) is 8.51. The number of hydrogen-bond donors (Lipinski definition) is 1. The Balaban J connectivity index is 1.72. The molecule has 2 saturated heterocycles. The molecule has 2 fully saturated rings. The smallest absolute Gasteiger partial charge is 0.361 e. The third kappa shape index (κ3) is 4.17. The average molecular weight is 374 g/mol. The summed E-state index contributed by atoms with van der Waals surface area (Å²) in [4.78, 5) is 27.1. The average Bonchev–Trinajstić information content (AvgIpc) is 3.10. The quantitative estimate of drug-likeness (QED) is 0.852. The fourth-order valence-electron chi connectivity index (χ4n) is 3.54. The molecular weight excluding hydrogens is 353 g/mol. The van der Waals surface area contributed by atoms with Crippen LogP contribution in [0.5, 0.6) is 0 Å². The van der Waals surface area contributed by atoms with Crippen LogP contribution in [-0.2, 0) is 16.1 Å². The monoisotopic (exact) mass is 374 g/mol. The highest BCUT2D eigenvalue weighted by Crippen LogP contribution is 2.39. The second-order valence-electron chi connectivity index (χ2n) is 6.80. The third-order valence-electron chi connectivity index (χ3n) is 4.82. The van der Waals surface area contributed by atoms with E-state index >= 15 is 0 Å². The number of alkyl halides is 3. The molecule has 3 heterocycles. The summed E-state index contributed by atoms with van der Waals surface area (Å²) < 4.78 is 45.4. The van der Waals surface area contributed by atoms with Gasteiger partial charge in [-0.05, 0) is 6.92 Å². The van der Waals surface area contributed by atoms with E-state index < -0.39 is 23.9 Å². The molecule has 0 aromatic carbocycles. The second-order valence-corrected chi connectivity index (χ2v) is 6.80. The summed E-state index contributed by atoms with van der Waals surface area (Å²) in [7, 11) is 0. The van der Waals surface area contributed by atoms with Crippen LogP contribution in [0.1, 0.15) is 17.9 Å². The van der Waals surface area contributed by atoms with Crippen LogP contribution in [0.15, 0.2) is 10.6 Å². The minimum absolute atomic E-state index is 0.00674. The first kappa shape index (κ1) is 18.7. The van der Waals surface area contributed by atoms with Crippen LogP contribution in [0.3, 0.4) is 0 Å². The number of likely N-dealkylation sites (tertiary alicyclic amines) is 1. The van der Waals surface area contributed by atoms with E-state index in [1.807, 2.05) is 0 Å². The van der Waals surface area contributed by atoms with Crippen molar-refractivity contribution in [1.82, 2.24) is 20.3 Å². The summed E-state index contributed by atoms with van der Waals surface area (Å²) in [5, 5.41) is 6.43. The Labute approximate surface area is 148 Å². The molecule has 1 aromatic heterocycles. The molecule has 2 atom stereocenters. The summed E-state index contributed by atoms with van der Waals surface area (Å²) >= 11 is 0. The predicted octanol–water partition coefficient (Wildman–Crippen LogP) is 0.942. The molecule has 7 nitrogen and oxygen atoms in total. The highest BCUT2D eigenvalue weighted by atomic mass is 19.4. The van der Waals surface area contributed by atoms with Gasteiger partial charge in [0.25, 0.3) is 0 Å². The van der Waals surface area contributed by atoms with Crippen LogP contribution in [0.25, 0.3) is 0 Å². The Bertz CT molecular complexity index is 676. The number of rotatable bonds is 3. The topological polar surface area (TPSA) is 78.7 Å².